The van der Waals surface area contributed by atoms with Crippen molar-refractivity contribution in [3.63, 3.8) is 0 Å². The van der Waals surface area contributed by atoms with E-state index in [4.69, 9.17) is 0 Å². The van der Waals surface area contributed by atoms with Gasteiger partial charge >= 0.3 is 29.6 Å². The Morgan fingerprint density at radius 3 is 2.44 bits per heavy atom. The minimum absolute atomic E-state index is 0. The molecule has 0 radical (unpaired) electrons. The monoisotopic (exact) mass is 270 g/mol. The third-order valence-corrected chi connectivity index (χ3v) is 3.67. The van der Waals surface area contributed by atoms with Gasteiger partial charge in [0.15, 0.2) is 0 Å². The molecule has 2 aromatic rings. The van der Waals surface area contributed by atoms with Gasteiger partial charge in [0, 0.05) is 4.90 Å². The van der Waals surface area contributed by atoms with Crippen molar-refractivity contribution in [2.24, 2.45) is 0 Å². The molecular formula is C14H15NaO2S. The molecule has 2 nitrogen and oxygen atoms in total. The molecule has 0 saturated carbocycles. The summed E-state index contributed by atoms with van der Waals surface area (Å²) in [6, 6.07) is 11.3. The molecule has 0 bridgehead atoms. The fourth-order valence-electron chi connectivity index (χ4n) is 2.08. The third kappa shape index (κ3) is 3.43. The van der Waals surface area contributed by atoms with E-state index in [-0.39, 0.29) is 29.6 Å². The molecule has 0 aromatic heterocycles. The fraction of sp³-hybridized carbons (Fsp3) is 0.286. The van der Waals surface area contributed by atoms with Gasteiger partial charge in [0.05, 0.1) is 0 Å². The Hall–Kier alpha value is -0.190. The summed E-state index contributed by atoms with van der Waals surface area (Å²) in [4.78, 5) is 0.390. The maximum atomic E-state index is 11.1. The molecule has 0 fully saturated rings. The van der Waals surface area contributed by atoms with Gasteiger partial charge in [-0.25, -0.2) is 0 Å². The van der Waals surface area contributed by atoms with Gasteiger partial charge in [0.25, 0.3) is 0 Å². The summed E-state index contributed by atoms with van der Waals surface area (Å²) in [6.45, 7) is 2.16. The SMILES string of the molecule is CCCCc1cccc2c(S(=O)[O-])cccc12.[Na+]. The van der Waals surface area contributed by atoms with Crippen LogP contribution in [0.1, 0.15) is 25.3 Å². The van der Waals surface area contributed by atoms with Crippen LogP contribution in [0.2, 0.25) is 0 Å². The van der Waals surface area contributed by atoms with E-state index in [9.17, 15) is 8.76 Å². The molecule has 1 unspecified atom stereocenters. The molecule has 0 amide bonds. The molecule has 1 atom stereocenters. The minimum Gasteiger partial charge on any atom is -0.768 e. The average molecular weight is 270 g/mol. The number of aryl methyl sites for hydroxylation is 1. The second-order valence-electron chi connectivity index (χ2n) is 4.11. The van der Waals surface area contributed by atoms with E-state index in [2.05, 4.69) is 13.0 Å². The summed E-state index contributed by atoms with van der Waals surface area (Å²) in [5.74, 6) is 0. The van der Waals surface area contributed by atoms with Crippen LogP contribution in [0.4, 0.5) is 0 Å². The number of unbranched alkanes of at least 4 members (excludes halogenated alkanes) is 1. The first-order valence-corrected chi connectivity index (χ1v) is 6.91. The zero-order valence-electron chi connectivity index (χ0n) is 10.8. The number of hydrogen-bond acceptors (Lipinski definition) is 2. The second kappa shape index (κ2) is 7.41. The van der Waals surface area contributed by atoms with E-state index in [1.165, 1.54) is 5.56 Å². The molecule has 4 heteroatoms. The first-order valence-electron chi connectivity index (χ1n) is 5.84. The van der Waals surface area contributed by atoms with Crippen molar-refractivity contribution in [3.05, 3.63) is 42.0 Å². The van der Waals surface area contributed by atoms with Crippen molar-refractivity contribution < 1.29 is 38.3 Å². The van der Waals surface area contributed by atoms with Crippen molar-refractivity contribution in [3.8, 4) is 0 Å². The normalized spacial score (nSPS) is 12.1. The van der Waals surface area contributed by atoms with Gasteiger partial charge in [0.1, 0.15) is 0 Å². The van der Waals surface area contributed by atoms with Gasteiger partial charge in [-0.2, -0.15) is 0 Å². The number of hydrogen-bond donors (Lipinski definition) is 0. The predicted octanol–water partition coefficient (Wildman–Crippen LogP) is 0.424. The van der Waals surface area contributed by atoms with Crippen molar-refractivity contribution in [2.75, 3.05) is 0 Å². The molecule has 0 spiro atoms. The Bertz CT molecular complexity index is 554. The molecule has 2 rings (SSSR count). The van der Waals surface area contributed by atoms with E-state index >= 15 is 0 Å². The number of fused-ring (bicyclic) bond motifs is 1. The van der Waals surface area contributed by atoms with E-state index in [1.54, 1.807) is 6.07 Å². The van der Waals surface area contributed by atoms with Gasteiger partial charge < -0.3 is 4.55 Å². The van der Waals surface area contributed by atoms with E-state index in [1.807, 2.05) is 24.3 Å². The van der Waals surface area contributed by atoms with Crippen LogP contribution in [-0.4, -0.2) is 8.76 Å². The van der Waals surface area contributed by atoms with E-state index in [0.717, 1.165) is 30.0 Å². The molecule has 0 saturated heterocycles. The van der Waals surface area contributed by atoms with Gasteiger partial charge in [-0.1, -0.05) is 43.7 Å². The standard InChI is InChI=1S/C14H16O2S.Na/c1-2-3-6-11-7-4-9-13-12(11)8-5-10-14(13)17(15)16;/h4-5,7-10H,2-3,6H2,1H3,(H,15,16);/q;+1/p-1. The van der Waals surface area contributed by atoms with Gasteiger partial charge in [-0.05, 0) is 46.3 Å². The minimum atomic E-state index is -2.17. The van der Waals surface area contributed by atoms with Crippen molar-refractivity contribution in [2.45, 2.75) is 31.1 Å². The van der Waals surface area contributed by atoms with E-state index < -0.39 is 11.1 Å². The Labute approximate surface area is 132 Å². The molecule has 18 heavy (non-hydrogen) atoms. The summed E-state index contributed by atoms with van der Waals surface area (Å²) in [6.07, 6.45) is 3.27. The van der Waals surface area contributed by atoms with Gasteiger partial charge in [-0.15, -0.1) is 0 Å². The van der Waals surface area contributed by atoms with Crippen LogP contribution in [0, 0.1) is 0 Å². The first kappa shape index (κ1) is 15.9. The largest absolute Gasteiger partial charge is 1.00 e. The van der Waals surface area contributed by atoms with Gasteiger partial charge in [0.2, 0.25) is 0 Å². The molecule has 0 aliphatic rings. The number of rotatable bonds is 4. The molecule has 0 N–H and O–H groups in total. The van der Waals surface area contributed by atoms with Crippen LogP contribution in [0.3, 0.4) is 0 Å². The Kier molecular flexibility index (Phi) is 6.53. The zero-order valence-corrected chi connectivity index (χ0v) is 13.6. The summed E-state index contributed by atoms with van der Waals surface area (Å²) in [7, 11) is 0. The van der Waals surface area contributed by atoms with Crippen molar-refractivity contribution in [1.29, 1.82) is 0 Å². The van der Waals surface area contributed by atoms with Crippen molar-refractivity contribution in [1.82, 2.24) is 0 Å². The Balaban J connectivity index is 0.00000162. The molecule has 0 aliphatic carbocycles. The quantitative estimate of drug-likeness (QED) is 0.597. The average Bonchev–Trinajstić information content (AvgIpc) is 2.35. The maximum absolute atomic E-state index is 11.1. The second-order valence-corrected chi connectivity index (χ2v) is 5.02. The summed E-state index contributed by atoms with van der Waals surface area (Å²) in [5, 5.41) is 1.89. The third-order valence-electron chi connectivity index (χ3n) is 2.95. The smallest absolute Gasteiger partial charge is 0.768 e. The Morgan fingerprint density at radius 2 is 1.78 bits per heavy atom. The van der Waals surface area contributed by atoms with Gasteiger partial charge in [-0.3, -0.25) is 4.21 Å². The van der Waals surface area contributed by atoms with Crippen LogP contribution in [-0.2, 0) is 17.5 Å². The first-order chi connectivity index (χ1) is 8.24. The van der Waals surface area contributed by atoms with Crippen LogP contribution >= 0.6 is 0 Å². The zero-order chi connectivity index (χ0) is 12.3. The van der Waals surface area contributed by atoms with Crippen LogP contribution in [0.15, 0.2) is 41.3 Å². The summed E-state index contributed by atoms with van der Waals surface area (Å²) >= 11 is -2.17. The maximum Gasteiger partial charge on any atom is 1.00 e. The van der Waals surface area contributed by atoms with Crippen LogP contribution < -0.4 is 29.6 Å². The molecule has 2 aromatic carbocycles. The predicted molar refractivity (Wildman–Crippen MR) is 69.7 cm³/mol. The van der Waals surface area contributed by atoms with Crippen LogP contribution in [0.5, 0.6) is 0 Å². The Morgan fingerprint density at radius 1 is 1.11 bits per heavy atom. The van der Waals surface area contributed by atoms with E-state index in [0.29, 0.717) is 4.90 Å². The van der Waals surface area contributed by atoms with Crippen molar-refractivity contribution >= 4 is 21.9 Å². The summed E-state index contributed by atoms with van der Waals surface area (Å²) in [5.41, 5.74) is 1.23. The topological polar surface area (TPSA) is 40.1 Å². The molecular weight excluding hydrogens is 255 g/mol. The molecule has 90 valence electrons. The fourth-order valence-corrected chi connectivity index (χ4v) is 2.62. The molecule has 0 heterocycles. The summed E-state index contributed by atoms with van der Waals surface area (Å²) < 4.78 is 22.3. The molecule has 0 aliphatic heterocycles. The number of benzene rings is 2. The van der Waals surface area contributed by atoms with Crippen LogP contribution in [0.25, 0.3) is 10.8 Å².